The number of H-pyrrole nitrogens is 1. The Morgan fingerprint density at radius 1 is 1.06 bits per heavy atom. The lowest BCUT2D eigenvalue weighted by Crippen LogP contribution is -2.38. The molecule has 10 nitrogen and oxygen atoms in total. The average Bonchev–Trinajstić information content (AvgIpc) is 3.56. The van der Waals surface area contributed by atoms with E-state index in [9.17, 15) is 4.79 Å². The van der Waals surface area contributed by atoms with Crippen molar-refractivity contribution in [1.82, 2.24) is 30.1 Å². The van der Waals surface area contributed by atoms with E-state index in [0.29, 0.717) is 42.7 Å². The van der Waals surface area contributed by atoms with Crippen LogP contribution in [0.2, 0.25) is 0 Å². The number of ether oxygens (including phenoxy) is 3. The molecule has 1 saturated carbocycles. The van der Waals surface area contributed by atoms with Crippen molar-refractivity contribution in [2.75, 3.05) is 20.8 Å². The van der Waals surface area contributed by atoms with Gasteiger partial charge in [0.25, 0.3) is 5.56 Å². The topological polar surface area (TPSA) is 107 Å². The largest absolute Gasteiger partial charge is 0.493 e. The number of hydrogen-bond acceptors (Lipinski definition) is 8. The molecule has 5 rings (SSSR count). The Morgan fingerprint density at radius 2 is 1.86 bits per heavy atom. The Morgan fingerprint density at radius 3 is 2.60 bits per heavy atom. The summed E-state index contributed by atoms with van der Waals surface area (Å²) < 4.78 is 18.5. The summed E-state index contributed by atoms with van der Waals surface area (Å²) >= 11 is 0. The van der Waals surface area contributed by atoms with Gasteiger partial charge < -0.3 is 19.2 Å². The minimum Gasteiger partial charge on any atom is -0.493 e. The molecule has 3 heterocycles. The predicted octanol–water partition coefficient (Wildman–Crippen LogP) is 3.05. The van der Waals surface area contributed by atoms with Gasteiger partial charge in [0.2, 0.25) is 0 Å². The van der Waals surface area contributed by atoms with Gasteiger partial charge in [-0.25, -0.2) is 4.68 Å². The molecule has 35 heavy (non-hydrogen) atoms. The SMILES string of the molecule is COc1cc2cc(CN(Cc3nnnn3CC3CCCO3)C3CCCCC3)c(=O)[nH]c2cc1OC. The Bertz CT molecular complexity index is 1200. The molecule has 188 valence electrons. The van der Waals surface area contributed by atoms with Crippen LogP contribution in [-0.2, 0) is 24.4 Å². The smallest absolute Gasteiger partial charge is 0.252 e. The number of pyridine rings is 1. The number of nitrogens with zero attached hydrogens (tertiary/aromatic N) is 5. The van der Waals surface area contributed by atoms with Gasteiger partial charge in [-0.3, -0.25) is 9.69 Å². The zero-order valence-corrected chi connectivity index (χ0v) is 20.5. The lowest BCUT2D eigenvalue weighted by molar-refractivity contribution is 0.0893. The highest BCUT2D eigenvalue weighted by Gasteiger charge is 2.26. The molecule has 3 aromatic rings. The van der Waals surface area contributed by atoms with E-state index in [1.54, 1.807) is 20.3 Å². The highest BCUT2D eigenvalue weighted by Crippen LogP contribution is 2.31. The van der Waals surface area contributed by atoms with E-state index in [2.05, 4.69) is 25.4 Å². The Hall–Kier alpha value is -2.98. The summed E-state index contributed by atoms with van der Waals surface area (Å²) in [5, 5.41) is 13.4. The molecule has 1 saturated heterocycles. The van der Waals surface area contributed by atoms with Gasteiger partial charge in [-0.15, -0.1) is 5.10 Å². The Kier molecular flexibility index (Phi) is 7.29. The number of aromatic amines is 1. The van der Waals surface area contributed by atoms with Crippen molar-refractivity contribution >= 4 is 10.9 Å². The second-order valence-corrected chi connectivity index (χ2v) is 9.53. The van der Waals surface area contributed by atoms with E-state index in [1.165, 1.54) is 19.3 Å². The van der Waals surface area contributed by atoms with Gasteiger partial charge in [0.15, 0.2) is 17.3 Å². The van der Waals surface area contributed by atoms with E-state index >= 15 is 0 Å². The van der Waals surface area contributed by atoms with Crippen LogP contribution in [0.4, 0.5) is 0 Å². The van der Waals surface area contributed by atoms with Gasteiger partial charge in [0.1, 0.15) is 0 Å². The molecule has 1 aliphatic heterocycles. The molecular weight excluding hydrogens is 448 g/mol. The van der Waals surface area contributed by atoms with Crippen LogP contribution >= 0.6 is 0 Å². The first kappa shape index (κ1) is 23.7. The van der Waals surface area contributed by atoms with E-state index in [0.717, 1.165) is 49.0 Å². The molecule has 1 atom stereocenters. The lowest BCUT2D eigenvalue weighted by atomic mass is 9.93. The second kappa shape index (κ2) is 10.7. The minimum absolute atomic E-state index is 0.0931. The third kappa shape index (κ3) is 5.33. The predicted molar refractivity (Wildman–Crippen MR) is 131 cm³/mol. The van der Waals surface area contributed by atoms with Crippen LogP contribution in [0.25, 0.3) is 10.9 Å². The molecule has 10 heteroatoms. The summed E-state index contributed by atoms with van der Waals surface area (Å²) in [6, 6.07) is 6.05. The molecule has 1 unspecified atom stereocenters. The fourth-order valence-corrected chi connectivity index (χ4v) is 5.32. The fraction of sp³-hybridized carbons (Fsp3) is 0.600. The molecule has 2 fully saturated rings. The first-order chi connectivity index (χ1) is 17.1. The van der Waals surface area contributed by atoms with Gasteiger partial charge in [-0.1, -0.05) is 19.3 Å². The third-order valence-electron chi connectivity index (χ3n) is 7.24. The molecule has 0 radical (unpaired) electrons. The van der Waals surface area contributed by atoms with Crippen molar-refractivity contribution in [3.05, 3.63) is 39.9 Å². The van der Waals surface area contributed by atoms with Crippen molar-refractivity contribution in [1.29, 1.82) is 0 Å². The van der Waals surface area contributed by atoms with Gasteiger partial charge in [-0.2, -0.15) is 0 Å². The second-order valence-electron chi connectivity index (χ2n) is 9.53. The zero-order valence-electron chi connectivity index (χ0n) is 20.5. The maximum Gasteiger partial charge on any atom is 0.252 e. The lowest BCUT2D eigenvalue weighted by Gasteiger charge is -2.34. The van der Waals surface area contributed by atoms with Crippen LogP contribution in [0.1, 0.15) is 56.3 Å². The summed E-state index contributed by atoms with van der Waals surface area (Å²) in [7, 11) is 3.20. The quantitative estimate of drug-likeness (QED) is 0.496. The first-order valence-corrected chi connectivity index (χ1v) is 12.5. The number of nitrogens with one attached hydrogen (secondary N) is 1. The molecular formula is C25H34N6O4. The number of tetrazole rings is 1. The number of benzene rings is 1. The zero-order chi connectivity index (χ0) is 24.2. The molecule has 1 aliphatic carbocycles. The highest BCUT2D eigenvalue weighted by molar-refractivity contribution is 5.83. The van der Waals surface area contributed by atoms with Gasteiger partial charge in [0.05, 0.1) is 38.9 Å². The molecule has 0 amide bonds. The fourth-order valence-electron chi connectivity index (χ4n) is 5.32. The van der Waals surface area contributed by atoms with Crippen molar-refractivity contribution in [3.63, 3.8) is 0 Å². The molecule has 0 spiro atoms. The third-order valence-corrected chi connectivity index (χ3v) is 7.24. The standard InChI is InChI=1S/C25H34N6O4/c1-33-22-12-17-11-18(25(32)26-21(17)13-23(22)34-2)14-30(19-7-4-3-5-8-19)16-24-27-28-29-31(24)15-20-9-6-10-35-20/h11-13,19-20H,3-10,14-16H2,1-2H3,(H,26,32). The number of rotatable bonds is 9. The molecule has 1 aromatic carbocycles. The monoisotopic (exact) mass is 482 g/mol. The molecule has 1 N–H and O–H groups in total. The van der Waals surface area contributed by atoms with Crippen LogP contribution in [0, 0.1) is 0 Å². The summed E-state index contributed by atoms with van der Waals surface area (Å²) in [6.45, 7) is 2.58. The van der Waals surface area contributed by atoms with Crippen LogP contribution in [0.15, 0.2) is 23.0 Å². The van der Waals surface area contributed by atoms with Crippen molar-refractivity contribution in [2.45, 2.75) is 76.7 Å². The van der Waals surface area contributed by atoms with E-state index < -0.39 is 0 Å². The number of hydrogen-bond donors (Lipinski definition) is 1. The van der Waals surface area contributed by atoms with E-state index in [-0.39, 0.29) is 11.7 Å². The Balaban J connectivity index is 1.42. The molecule has 2 aromatic heterocycles. The van der Waals surface area contributed by atoms with Crippen molar-refractivity contribution < 1.29 is 14.2 Å². The maximum atomic E-state index is 13.1. The number of methoxy groups -OCH3 is 2. The van der Waals surface area contributed by atoms with Crippen molar-refractivity contribution in [2.24, 2.45) is 0 Å². The molecule has 2 aliphatic rings. The highest BCUT2D eigenvalue weighted by atomic mass is 16.5. The van der Waals surface area contributed by atoms with Crippen molar-refractivity contribution in [3.8, 4) is 11.5 Å². The summed E-state index contributed by atoms with van der Waals surface area (Å²) in [5.41, 5.74) is 1.35. The number of fused-ring (bicyclic) bond motifs is 1. The minimum atomic E-state index is -0.0931. The van der Waals surface area contributed by atoms with E-state index in [4.69, 9.17) is 14.2 Å². The number of aromatic nitrogens is 5. The van der Waals surface area contributed by atoms with Gasteiger partial charge in [0, 0.05) is 36.2 Å². The average molecular weight is 483 g/mol. The first-order valence-electron chi connectivity index (χ1n) is 12.5. The van der Waals surface area contributed by atoms with Crippen LogP contribution in [-0.4, -0.2) is 63.1 Å². The summed E-state index contributed by atoms with van der Waals surface area (Å²) in [5.74, 6) is 2.04. The summed E-state index contributed by atoms with van der Waals surface area (Å²) in [6.07, 6.45) is 8.17. The normalized spacial score (nSPS) is 19.0. The summed E-state index contributed by atoms with van der Waals surface area (Å²) in [4.78, 5) is 18.5. The Labute approximate surface area is 204 Å². The van der Waals surface area contributed by atoms with E-state index in [1.807, 2.05) is 16.8 Å². The molecule has 0 bridgehead atoms. The van der Waals surface area contributed by atoms with Crippen LogP contribution < -0.4 is 15.0 Å². The maximum absolute atomic E-state index is 13.1. The van der Waals surface area contributed by atoms with Crippen LogP contribution in [0.3, 0.4) is 0 Å². The van der Waals surface area contributed by atoms with Gasteiger partial charge in [-0.05, 0) is 48.2 Å². The van der Waals surface area contributed by atoms with Gasteiger partial charge >= 0.3 is 0 Å². The van der Waals surface area contributed by atoms with Crippen LogP contribution in [0.5, 0.6) is 11.5 Å².